The van der Waals surface area contributed by atoms with Gasteiger partial charge in [-0.2, -0.15) is 0 Å². The molecule has 0 fully saturated rings. The van der Waals surface area contributed by atoms with Crippen molar-refractivity contribution >= 4 is 40.8 Å². The molecule has 1 aliphatic heterocycles. The van der Waals surface area contributed by atoms with Crippen LogP contribution in [0.1, 0.15) is 11.1 Å². The Morgan fingerprint density at radius 2 is 1.17 bits per heavy atom. The van der Waals surface area contributed by atoms with Gasteiger partial charge in [-0.05, 0) is 49.6 Å². The summed E-state index contributed by atoms with van der Waals surface area (Å²) in [5.41, 5.74) is 2.15. The standard InChI is InChI=1S/C30H28N2OPS/c1-22-18-20-23(21-19-22)28-31-29(33)27(30(32-28)35-2)34(24-12-6-3-7-13-24,25-14-8-4-9-15-25)26-16-10-5-11-17-26/h3-21,29,33H,1-2H3,(H,31,32)/q+1. The molecule has 0 radical (unpaired) electrons. The predicted octanol–water partition coefficient (Wildman–Crippen LogP) is 5.19. The molecular weight excluding hydrogens is 467 g/mol. The van der Waals surface area contributed by atoms with E-state index in [-0.39, 0.29) is 0 Å². The van der Waals surface area contributed by atoms with Gasteiger partial charge in [0.2, 0.25) is 6.23 Å². The zero-order valence-electron chi connectivity index (χ0n) is 19.8. The molecule has 0 amide bonds. The molecule has 1 unspecified atom stereocenters. The Morgan fingerprint density at radius 3 is 1.60 bits per heavy atom. The monoisotopic (exact) mass is 495 g/mol. The van der Waals surface area contributed by atoms with Crippen molar-refractivity contribution in [2.75, 3.05) is 6.26 Å². The van der Waals surface area contributed by atoms with Gasteiger partial charge in [0.25, 0.3) is 0 Å². The van der Waals surface area contributed by atoms with Crippen molar-refractivity contribution in [1.29, 1.82) is 0 Å². The minimum absolute atomic E-state index is 0.692. The van der Waals surface area contributed by atoms with Gasteiger partial charge in [0, 0.05) is 5.56 Å². The lowest BCUT2D eigenvalue weighted by Crippen LogP contribution is -2.40. The second kappa shape index (κ2) is 10.2. The number of hydrogen-bond donors (Lipinski definition) is 2. The number of aliphatic hydroxyl groups is 1. The Hall–Kier alpha value is -3.17. The second-order valence-corrected chi connectivity index (χ2v) is 12.6. The zero-order chi connectivity index (χ0) is 24.3. The number of rotatable bonds is 6. The predicted molar refractivity (Wildman–Crippen MR) is 153 cm³/mol. The van der Waals surface area contributed by atoms with Crippen molar-refractivity contribution in [1.82, 2.24) is 5.32 Å². The summed E-state index contributed by atoms with van der Waals surface area (Å²) in [5.74, 6) is 0.692. The lowest BCUT2D eigenvalue weighted by atomic mass is 10.1. The molecule has 0 saturated carbocycles. The van der Waals surface area contributed by atoms with Gasteiger partial charge in [-0.25, -0.2) is 4.99 Å². The SMILES string of the molecule is CSC1=C([P+](c2ccccc2)(c2ccccc2)c2ccccc2)C(O)N=C(c2ccc(C)cc2)N1. The van der Waals surface area contributed by atoms with E-state index < -0.39 is 13.5 Å². The van der Waals surface area contributed by atoms with Crippen LogP contribution in [-0.2, 0) is 0 Å². The van der Waals surface area contributed by atoms with Crippen molar-refractivity contribution in [3.63, 3.8) is 0 Å². The number of thioether (sulfide) groups is 1. The molecule has 3 nitrogen and oxygen atoms in total. The summed E-state index contributed by atoms with van der Waals surface area (Å²) in [5, 5.41) is 20.9. The molecule has 0 bridgehead atoms. The van der Waals surface area contributed by atoms with Crippen LogP contribution in [0.15, 0.2) is 131 Å². The molecule has 5 heteroatoms. The van der Waals surface area contributed by atoms with E-state index >= 15 is 0 Å². The van der Waals surface area contributed by atoms with Crippen LogP contribution < -0.4 is 21.2 Å². The van der Waals surface area contributed by atoms with Crippen LogP contribution in [0.4, 0.5) is 0 Å². The Kier molecular flexibility index (Phi) is 6.88. The smallest absolute Gasteiger partial charge is 0.209 e. The van der Waals surface area contributed by atoms with E-state index in [0.29, 0.717) is 5.84 Å². The number of nitrogens with one attached hydrogen (secondary N) is 1. The molecule has 2 N–H and O–H groups in total. The van der Waals surface area contributed by atoms with Crippen molar-refractivity contribution in [2.24, 2.45) is 4.99 Å². The van der Waals surface area contributed by atoms with Crippen LogP contribution in [0.2, 0.25) is 0 Å². The quantitative estimate of drug-likeness (QED) is 0.362. The molecule has 0 aliphatic carbocycles. The summed E-state index contributed by atoms with van der Waals surface area (Å²) < 4.78 is 0. The fraction of sp³-hybridized carbons (Fsp3) is 0.100. The lowest BCUT2D eigenvalue weighted by molar-refractivity contribution is 0.226. The van der Waals surface area contributed by atoms with Gasteiger partial charge in [-0.15, -0.1) is 11.8 Å². The van der Waals surface area contributed by atoms with Gasteiger partial charge in [-0.1, -0.05) is 84.4 Å². The second-order valence-electron chi connectivity index (χ2n) is 8.44. The summed E-state index contributed by atoms with van der Waals surface area (Å²) in [6.07, 6.45) is 1.08. The fourth-order valence-corrected chi connectivity index (χ4v) is 10.2. The highest BCUT2D eigenvalue weighted by molar-refractivity contribution is 8.04. The summed E-state index contributed by atoms with van der Waals surface area (Å²) >= 11 is 1.63. The van der Waals surface area contributed by atoms with Gasteiger partial charge < -0.3 is 10.4 Å². The van der Waals surface area contributed by atoms with Crippen molar-refractivity contribution in [2.45, 2.75) is 13.2 Å². The third-order valence-corrected chi connectivity index (χ3v) is 11.6. The Bertz CT molecular complexity index is 1260. The molecule has 4 aromatic rings. The van der Waals surface area contributed by atoms with Gasteiger partial charge in [0.15, 0.2) is 5.31 Å². The molecule has 174 valence electrons. The molecular formula is C30H28N2OPS+. The van der Waals surface area contributed by atoms with Gasteiger partial charge >= 0.3 is 0 Å². The highest BCUT2D eigenvalue weighted by Crippen LogP contribution is 2.65. The van der Waals surface area contributed by atoms with Gasteiger partial charge in [0.1, 0.15) is 34.0 Å². The van der Waals surface area contributed by atoms with E-state index in [0.717, 1.165) is 15.9 Å². The lowest BCUT2D eigenvalue weighted by Gasteiger charge is -2.34. The van der Waals surface area contributed by atoms with Gasteiger partial charge in [-0.3, -0.25) is 0 Å². The molecule has 0 saturated heterocycles. The van der Waals surface area contributed by atoms with Crippen molar-refractivity contribution in [3.8, 4) is 0 Å². The molecule has 0 aromatic heterocycles. The first-order chi connectivity index (χ1) is 17.1. The minimum Gasteiger partial charge on any atom is -0.365 e. The molecule has 0 spiro atoms. The molecule has 4 aromatic carbocycles. The normalized spacial score (nSPS) is 16.0. The topological polar surface area (TPSA) is 44.6 Å². The highest BCUT2D eigenvalue weighted by Gasteiger charge is 2.54. The van der Waals surface area contributed by atoms with Crippen LogP contribution in [0.25, 0.3) is 0 Å². The van der Waals surface area contributed by atoms with E-state index in [1.54, 1.807) is 11.8 Å². The minimum atomic E-state index is -2.44. The third kappa shape index (κ3) is 4.34. The van der Waals surface area contributed by atoms with E-state index in [1.165, 1.54) is 21.5 Å². The van der Waals surface area contributed by atoms with Crippen LogP contribution in [0.3, 0.4) is 0 Å². The van der Waals surface area contributed by atoms with E-state index in [9.17, 15) is 5.11 Å². The van der Waals surface area contributed by atoms with Crippen LogP contribution >= 0.6 is 19.0 Å². The first-order valence-electron chi connectivity index (χ1n) is 11.6. The van der Waals surface area contributed by atoms with Crippen molar-refractivity contribution < 1.29 is 5.11 Å². The third-order valence-electron chi connectivity index (χ3n) is 6.28. The molecule has 1 aliphatic rings. The molecule has 1 heterocycles. The van der Waals surface area contributed by atoms with Crippen LogP contribution in [0.5, 0.6) is 0 Å². The zero-order valence-corrected chi connectivity index (χ0v) is 21.5. The summed E-state index contributed by atoms with van der Waals surface area (Å²) in [6, 6.07) is 40.0. The number of aliphatic hydroxyl groups excluding tert-OH is 1. The van der Waals surface area contributed by atoms with Gasteiger partial charge in [0.05, 0.1) is 0 Å². The van der Waals surface area contributed by atoms with Crippen LogP contribution in [0, 0.1) is 6.92 Å². The number of hydrogen-bond acceptors (Lipinski definition) is 4. The molecule has 35 heavy (non-hydrogen) atoms. The average molecular weight is 496 g/mol. The number of benzene rings is 4. The number of nitrogens with zero attached hydrogens (tertiary/aromatic N) is 1. The Balaban J connectivity index is 1.79. The maximum absolute atomic E-state index is 11.8. The maximum Gasteiger partial charge on any atom is 0.209 e. The fourth-order valence-electron chi connectivity index (χ4n) is 4.66. The molecule has 1 atom stereocenters. The van der Waals surface area contributed by atoms with E-state index in [1.807, 2.05) is 30.3 Å². The van der Waals surface area contributed by atoms with Crippen LogP contribution in [-0.4, -0.2) is 23.4 Å². The Morgan fingerprint density at radius 1 is 0.714 bits per heavy atom. The van der Waals surface area contributed by atoms with E-state index in [4.69, 9.17) is 4.99 Å². The average Bonchev–Trinajstić information content (AvgIpc) is 2.92. The summed E-state index contributed by atoms with van der Waals surface area (Å²) in [7, 11) is -2.44. The largest absolute Gasteiger partial charge is 0.365 e. The van der Waals surface area contributed by atoms with Crippen molar-refractivity contribution in [3.05, 3.63) is 137 Å². The molecule has 5 rings (SSSR count). The summed E-state index contributed by atoms with van der Waals surface area (Å²) in [4.78, 5) is 4.82. The van der Waals surface area contributed by atoms with E-state index in [2.05, 4.69) is 103 Å². The Labute approximate surface area is 212 Å². The highest BCUT2D eigenvalue weighted by atomic mass is 32.2. The summed E-state index contributed by atoms with van der Waals surface area (Å²) in [6.45, 7) is 2.07. The first-order valence-corrected chi connectivity index (χ1v) is 14.6. The number of aryl methyl sites for hydroxylation is 1. The number of amidine groups is 1. The number of aliphatic imine (C=N–C) groups is 1. The first kappa shape index (κ1) is 23.6. The maximum atomic E-state index is 11.8.